The molecule has 0 saturated heterocycles. The summed E-state index contributed by atoms with van der Waals surface area (Å²) in [6, 6.07) is 18.1. The maximum atomic E-state index is 5.95. The van der Waals surface area contributed by atoms with Crippen LogP contribution in [0.3, 0.4) is 0 Å². The van der Waals surface area contributed by atoms with Gasteiger partial charge in [0.1, 0.15) is 5.82 Å². The molecule has 0 N–H and O–H groups in total. The van der Waals surface area contributed by atoms with E-state index in [1.54, 1.807) is 11.8 Å². The topological polar surface area (TPSA) is 30.7 Å². The Balaban J connectivity index is 1.85. The van der Waals surface area contributed by atoms with Crippen LogP contribution in [0.15, 0.2) is 59.8 Å². The average molecular weight is 316 g/mol. The molecule has 0 bridgehead atoms. The molecule has 3 rings (SSSR count). The Morgan fingerprint density at radius 2 is 1.71 bits per heavy atom. The number of thioether (sulfide) groups is 1. The molecule has 0 atom stereocenters. The first-order valence-electron chi connectivity index (χ1n) is 6.59. The molecule has 21 heavy (non-hydrogen) atoms. The average Bonchev–Trinajstić information content (AvgIpc) is 2.88. The molecule has 0 fully saturated rings. The van der Waals surface area contributed by atoms with Crippen molar-refractivity contribution in [3.63, 3.8) is 0 Å². The Kier molecular flexibility index (Phi) is 4.27. The third-order valence-electron chi connectivity index (χ3n) is 3.09. The van der Waals surface area contributed by atoms with E-state index in [1.165, 1.54) is 5.56 Å². The highest BCUT2D eigenvalue weighted by Crippen LogP contribution is 2.25. The first-order valence-corrected chi connectivity index (χ1v) is 7.95. The molecule has 0 amide bonds. The lowest BCUT2D eigenvalue weighted by atomic mass is 10.2. The van der Waals surface area contributed by atoms with Crippen molar-refractivity contribution in [3.05, 3.63) is 71.0 Å². The van der Waals surface area contributed by atoms with Gasteiger partial charge in [0.15, 0.2) is 5.16 Å². The maximum Gasteiger partial charge on any atom is 0.196 e. The predicted molar refractivity (Wildman–Crippen MR) is 87.1 cm³/mol. The van der Waals surface area contributed by atoms with Gasteiger partial charge in [-0.05, 0) is 36.8 Å². The molecule has 2 aromatic carbocycles. The molecule has 1 aromatic heterocycles. The highest BCUT2D eigenvalue weighted by Gasteiger charge is 2.11. The lowest BCUT2D eigenvalue weighted by molar-refractivity contribution is 0.868. The van der Waals surface area contributed by atoms with Crippen LogP contribution >= 0.6 is 23.4 Å². The van der Waals surface area contributed by atoms with E-state index < -0.39 is 0 Å². The Bertz CT molecular complexity index is 723. The summed E-state index contributed by atoms with van der Waals surface area (Å²) in [6.07, 6.45) is 0. The summed E-state index contributed by atoms with van der Waals surface area (Å²) in [5.41, 5.74) is 2.29. The summed E-state index contributed by atoms with van der Waals surface area (Å²) in [4.78, 5) is 0. The van der Waals surface area contributed by atoms with E-state index in [2.05, 4.69) is 22.3 Å². The second-order valence-electron chi connectivity index (χ2n) is 4.62. The van der Waals surface area contributed by atoms with Crippen LogP contribution in [0.25, 0.3) is 5.69 Å². The lowest BCUT2D eigenvalue weighted by Crippen LogP contribution is -1.99. The molecule has 0 radical (unpaired) electrons. The quantitative estimate of drug-likeness (QED) is 0.663. The molecular formula is C16H14ClN3S. The third kappa shape index (κ3) is 3.28. The number of aromatic nitrogens is 3. The third-order valence-corrected chi connectivity index (χ3v) is 4.34. The normalized spacial score (nSPS) is 10.8. The summed E-state index contributed by atoms with van der Waals surface area (Å²) in [6.45, 7) is 1.95. The zero-order valence-electron chi connectivity index (χ0n) is 11.5. The zero-order valence-corrected chi connectivity index (χ0v) is 13.1. The van der Waals surface area contributed by atoms with E-state index in [1.807, 2.05) is 54.0 Å². The van der Waals surface area contributed by atoms with Crippen LogP contribution in [0.5, 0.6) is 0 Å². The van der Waals surface area contributed by atoms with Gasteiger partial charge in [-0.15, -0.1) is 10.2 Å². The van der Waals surface area contributed by atoms with E-state index in [0.29, 0.717) is 0 Å². The van der Waals surface area contributed by atoms with Crippen molar-refractivity contribution in [3.8, 4) is 5.69 Å². The van der Waals surface area contributed by atoms with Crippen molar-refractivity contribution < 1.29 is 0 Å². The van der Waals surface area contributed by atoms with Crippen molar-refractivity contribution in [1.82, 2.24) is 14.8 Å². The van der Waals surface area contributed by atoms with Crippen LogP contribution in [-0.2, 0) is 5.75 Å². The first-order chi connectivity index (χ1) is 10.2. The minimum atomic E-state index is 0.725. The van der Waals surface area contributed by atoms with E-state index in [9.17, 15) is 0 Å². The zero-order chi connectivity index (χ0) is 14.7. The van der Waals surface area contributed by atoms with Crippen molar-refractivity contribution in [2.24, 2.45) is 0 Å². The molecule has 3 aromatic rings. The number of hydrogen-bond donors (Lipinski definition) is 0. The van der Waals surface area contributed by atoms with Gasteiger partial charge in [-0.25, -0.2) is 0 Å². The lowest BCUT2D eigenvalue weighted by Gasteiger charge is -2.08. The fourth-order valence-electron chi connectivity index (χ4n) is 2.05. The minimum absolute atomic E-state index is 0.725. The number of rotatable bonds is 4. The number of aryl methyl sites for hydroxylation is 1. The van der Waals surface area contributed by atoms with Crippen LogP contribution in [-0.4, -0.2) is 14.8 Å². The molecule has 0 aliphatic carbocycles. The Morgan fingerprint density at radius 3 is 2.43 bits per heavy atom. The fraction of sp³-hybridized carbons (Fsp3) is 0.125. The Labute approximate surface area is 133 Å². The second-order valence-corrected chi connectivity index (χ2v) is 5.99. The number of benzene rings is 2. The molecule has 0 saturated carbocycles. The van der Waals surface area contributed by atoms with Crippen LogP contribution in [0, 0.1) is 6.92 Å². The molecule has 0 aliphatic rings. The first kappa shape index (κ1) is 14.2. The van der Waals surface area contributed by atoms with Gasteiger partial charge in [-0.2, -0.15) is 0 Å². The van der Waals surface area contributed by atoms with Gasteiger partial charge in [-0.3, -0.25) is 4.57 Å². The van der Waals surface area contributed by atoms with E-state index in [0.717, 1.165) is 27.4 Å². The summed E-state index contributed by atoms with van der Waals surface area (Å²) in [7, 11) is 0. The number of hydrogen-bond acceptors (Lipinski definition) is 3. The molecule has 3 nitrogen and oxygen atoms in total. The Morgan fingerprint density at radius 1 is 1.00 bits per heavy atom. The minimum Gasteiger partial charge on any atom is -0.274 e. The predicted octanol–water partition coefficient (Wildman–Crippen LogP) is 4.52. The molecule has 0 unspecified atom stereocenters. The molecule has 0 spiro atoms. The van der Waals surface area contributed by atoms with Gasteiger partial charge in [-0.1, -0.05) is 53.7 Å². The molecule has 106 valence electrons. The standard InChI is InChI=1S/C16H14ClN3S/c1-12-18-19-16(21-11-13-5-3-2-4-6-13)20(12)15-9-7-14(17)8-10-15/h2-10H,11H2,1H3. The Hall–Kier alpha value is -1.78. The molecule has 0 aliphatic heterocycles. The SMILES string of the molecule is Cc1nnc(SCc2ccccc2)n1-c1ccc(Cl)cc1. The molecule has 5 heteroatoms. The van der Waals surface area contributed by atoms with Crippen LogP contribution in [0.4, 0.5) is 0 Å². The van der Waals surface area contributed by atoms with Gasteiger partial charge in [0.2, 0.25) is 0 Å². The molecule has 1 heterocycles. The van der Waals surface area contributed by atoms with E-state index >= 15 is 0 Å². The number of halogens is 1. The summed E-state index contributed by atoms with van der Waals surface area (Å²) < 4.78 is 2.05. The maximum absolute atomic E-state index is 5.95. The van der Waals surface area contributed by atoms with Crippen molar-refractivity contribution in [1.29, 1.82) is 0 Å². The van der Waals surface area contributed by atoms with E-state index in [4.69, 9.17) is 11.6 Å². The monoisotopic (exact) mass is 315 g/mol. The van der Waals surface area contributed by atoms with Crippen LogP contribution in [0.1, 0.15) is 11.4 Å². The van der Waals surface area contributed by atoms with Gasteiger partial charge in [0.05, 0.1) is 0 Å². The van der Waals surface area contributed by atoms with Gasteiger partial charge in [0, 0.05) is 16.5 Å². The fourth-order valence-corrected chi connectivity index (χ4v) is 3.13. The van der Waals surface area contributed by atoms with Gasteiger partial charge in [0.25, 0.3) is 0 Å². The van der Waals surface area contributed by atoms with Gasteiger partial charge >= 0.3 is 0 Å². The van der Waals surface area contributed by atoms with Crippen molar-refractivity contribution >= 4 is 23.4 Å². The highest BCUT2D eigenvalue weighted by atomic mass is 35.5. The largest absolute Gasteiger partial charge is 0.274 e. The smallest absolute Gasteiger partial charge is 0.196 e. The summed E-state index contributed by atoms with van der Waals surface area (Å²) >= 11 is 7.62. The summed E-state index contributed by atoms with van der Waals surface area (Å²) in [5.74, 6) is 1.74. The van der Waals surface area contributed by atoms with Crippen LogP contribution in [0.2, 0.25) is 5.02 Å². The van der Waals surface area contributed by atoms with Crippen molar-refractivity contribution in [2.45, 2.75) is 17.8 Å². The second kappa shape index (κ2) is 6.33. The van der Waals surface area contributed by atoms with Gasteiger partial charge < -0.3 is 0 Å². The van der Waals surface area contributed by atoms with Crippen LogP contribution < -0.4 is 0 Å². The van der Waals surface area contributed by atoms with Crippen molar-refractivity contribution in [2.75, 3.05) is 0 Å². The van der Waals surface area contributed by atoms with E-state index in [-0.39, 0.29) is 0 Å². The highest BCUT2D eigenvalue weighted by molar-refractivity contribution is 7.98. The summed E-state index contributed by atoms with van der Waals surface area (Å²) in [5, 5.41) is 10.1. The molecular weight excluding hydrogens is 302 g/mol. The number of nitrogens with zero attached hydrogens (tertiary/aromatic N) is 3.